The first-order valence-corrected chi connectivity index (χ1v) is 6.36. The summed E-state index contributed by atoms with van der Waals surface area (Å²) in [4.78, 5) is 11.9. The van der Waals surface area contributed by atoms with Gasteiger partial charge in [0.15, 0.2) is 0 Å². The van der Waals surface area contributed by atoms with Crippen LogP contribution in [0.3, 0.4) is 0 Å². The number of carbonyl (C=O) groups is 1. The zero-order valence-electron chi connectivity index (χ0n) is 10.5. The molecule has 0 atom stereocenters. The van der Waals surface area contributed by atoms with Gasteiger partial charge >= 0.3 is 0 Å². The average molecular weight is 232 g/mol. The van der Waals surface area contributed by atoms with Crippen molar-refractivity contribution in [2.45, 2.75) is 39.2 Å². The molecule has 0 bridgehead atoms. The van der Waals surface area contributed by atoms with Crippen LogP contribution in [0.25, 0.3) is 0 Å². The minimum atomic E-state index is 0.0621. The lowest BCUT2D eigenvalue weighted by Crippen LogP contribution is -2.26. The van der Waals surface area contributed by atoms with Crippen molar-refractivity contribution in [1.82, 2.24) is 5.32 Å². The number of anilines is 1. The fraction of sp³-hybridized carbons (Fsp3) is 0.500. The Labute approximate surface area is 103 Å². The van der Waals surface area contributed by atoms with Gasteiger partial charge in [-0.1, -0.05) is 6.92 Å². The normalized spacial score (nSPS) is 14.5. The summed E-state index contributed by atoms with van der Waals surface area (Å²) in [5.74, 6) is 0.0621. The monoisotopic (exact) mass is 232 g/mol. The van der Waals surface area contributed by atoms with Crippen LogP contribution in [0.5, 0.6) is 0 Å². The Morgan fingerprint density at radius 1 is 1.41 bits per heavy atom. The van der Waals surface area contributed by atoms with Crippen LogP contribution >= 0.6 is 0 Å². The van der Waals surface area contributed by atoms with Crippen molar-refractivity contribution < 1.29 is 4.79 Å². The van der Waals surface area contributed by atoms with Crippen molar-refractivity contribution in [3.63, 3.8) is 0 Å². The van der Waals surface area contributed by atoms with Crippen LogP contribution in [0.1, 0.15) is 42.1 Å². The lowest BCUT2D eigenvalue weighted by molar-refractivity contribution is 0.0950. The van der Waals surface area contributed by atoms with E-state index >= 15 is 0 Å². The van der Waals surface area contributed by atoms with Gasteiger partial charge in [0, 0.05) is 23.8 Å². The Morgan fingerprint density at radius 3 is 2.76 bits per heavy atom. The Morgan fingerprint density at radius 2 is 2.18 bits per heavy atom. The van der Waals surface area contributed by atoms with Crippen molar-refractivity contribution in [1.29, 1.82) is 0 Å². The van der Waals surface area contributed by atoms with Gasteiger partial charge in [0.1, 0.15) is 0 Å². The van der Waals surface area contributed by atoms with Crippen LogP contribution in [0.15, 0.2) is 18.2 Å². The van der Waals surface area contributed by atoms with E-state index in [2.05, 4.69) is 17.6 Å². The molecule has 2 N–H and O–H groups in total. The minimum absolute atomic E-state index is 0.0621. The number of hydrogen-bond acceptors (Lipinski definition) is 2. The maximum atomic E-state index is 11.9. The third-order valence-corrected chi connectivity index (χ3v) is 2.96. The van der Waals surface area contributed by atoms with Gasteiger partial charge in [0.25, 0.3) is 5.91 Å². The second-order valence-corrected chi connectivity index (χ2v) is 4.70. The zero-order valence-corrected chi connectivity index (χ0v) is 10.5. The predicted molar refractivity (Wildman–Crippen MR) is 70.4 cm³/mol. The van der Waals surface area contributed by atoms with Crippen LogP contribution in [0, 0.1) is 6.92 Å². The van der Waals surface area contributed by atoms with Gasteiger partial charge in [-0.05, 0) is 49.9 Å². The molecule has 1 aliphatic carbocycles. The first-order valence-electron chi connectivity index (χ1n) is 6.36. The molecular formula is C14H20N2O. The summed E-state index contributed by atoms with van der Waals surface area (Å²) in [6.45, 7) is 5.09. The largest absolute Gasteiger partial charge is 0.385 e. The summed E-state index contributed by atoms with van der Waals surface area (Å²) < 4.78 is 0. The molecule has 0 aliphatic heterocycles. The first kappa shape index (κ1) is 12.0. The summed E-state index contributed by atoms with van der Waals surface area (Å²) in [6.07, 6.45) is 3.35. The van der Waals surface area contributed by atoms with E-state index in [4.69, 9.17) is 0 Å². The smallest absolute Gasteiger partial charge is 0.251 e. The van der Waals surface area contributed by atoms with E-state index in [1.807, 2.05) is 25.1 Å². The highest BCUT2D eigenvalue weighted by molar-refractivity contribution is 5.96. The molecule has 3 heteroatoms. The molecule has 0 unspecified atom stereocenters. The van der Waals surface area contributed by atoms with E-state index in [1.54, 1.807) is 0 Å². The van der Waals surface area contributed by atoms with Gasteiger partial charge in [0.2, 0.25) is 0 Å². The predicted octanol–water partition coefficient (Wildman–Crippen LogP) is 2.71. The fourth-order valence-corrected chi connectivity index (χ4v) is 1.79. The molecule has 2 rings (SSSR count). The molecule has 1 amide bonds. The molecule has 0 aromatic heterocycles. The van der Waals surface area contributed by atoms with Gasteiger partial charge < -0.3 is 10.6 Å². The average Bonchev–Trinajstić information content (AvgIpc) is 3.10. The van der Waals surface area contributed by atoms with Crippen molar-refractivity contribution >= 4 is 11.6 Å². The Hall–Kier alpha value is -1.51. The van der Waals surface area contributed by atoms with E-state index in [0.29, 0.717) is 6.04 Å². The van der Waals surface area contributed by atoms with Gasteiger partial charge in [0.05, 0.1) is 0 Å². The van der Waals surface area contributed by atoms with E-state index in [-0.39, 0.29) is 5.91 Å². The molecule has 1 aromatic carbocycles. The molecule has 1 aromatic rings. The maximum absolute atomic E-state index is 11.9. The summed E-state index contributed by atoms with van der Waals surface area (Å²) >= 11 is 0. The van der Waals surface area contributed by atoms with Gasteiger partial charge in [-0.25, -0.2) is 0 Å². The van der Waals surface area contributed by atoms with Crippen LogP contribution in [0.2, 0.25) is 0 Å². The maximum Gasteiger partial charge on any atom is 0.251 e. The van der Waals surface area contributed by atoms with Gasteiger partial charge in [-0.3, -0.25) is 4.79 Å². The van der Waals surface area contributed by atoms with Crippen molar-refractivity contribution in [2.75, 3.05) is 11.9 Å². The van der Waals surface area contributed by atoms with Crippen molar-refractivity contribution in [2.24, 2.45) is 0 Å². The zero-order chi connectivity index (χ0) is 12.3. The summed E-state index contributed by atoms with van der Waals surface area (Å²) in [7, 11) is 0. The molecule has 0 heterocycles. The highest BCUT2D eigenvalue weighted by atomic mass is 16.1. The number of amides is 1. The quantitative estimate of drug-likeness (QED) is 0.819. The number of benzene rings is 1. The number of carbonyl (C=O) groups excluding carboxylic acids is 1. The van der Waals surface area contributed by atoms with Crippen LogP contribution in [0.4, 0.5) is 5.69 Å². The lowest BCUT2D eigenvalue weighted by Gasteiger charge is -2.10. The van der Waals surface area contributed by atoms with Crippen molar-refractivity contribution in [3.05, 3.63) is 29.3 Å². The third-order valence-electron chi connectivity index (χ3n) is 2.96. The SMILES string of the molecule is CCCNc1ccc(C(=O)NC2CC2)c(C)c1. The molecular weight excluding hydrogens is 212 g/mol. The van der Waals surface area contributed by atoms with Crippen LogP contribution in [-0.4, -0.2) is 18.5 Å². The van der Waals surface area contributed by atoms with Crippen LogP contribution < -0.4 is 10.6 Å². The second-order valence-electron chi connectivity index (χ2n) is 4.70. The minimum Gasteiger partial charge on any atom is -0.385 e. The first-order chi connectivity index (χ1) is 8.20. The van der Waals surface area contributed by atoms with Crippen molar-refractivity contribution in [3.8, 4) is 0 Å². The molecule has 1 fully saturated rings. The second kappa shape index (κ2) is 5.21. The molecule has 3 nitrogen and oxygen atoms in total. The summed E-state index contributed by atoms with van der Waals surface area (Å²) in [6, 6.07) is 6.34. The number of rotatable bonds is 5. The molecule has 0 spiro atoms. The Kier molecular flexibility index (Phi) is 3.67. The Balaban J connectivity index is 2.04. The van der Waals surface area contributed by atoms with E-state index in [1.165, 1.54) is 0 Å². The third kappa shape index (κ3) is 3.22. The van der Waals surface area contributed by atoms with E-state index < -0.39 is 0 Å². The fourth-order valence-electron chi connectivity index (χ4n) is 1.79. The summed E-state index contributed by atoms with van der Waals surface area (Å²) in [5, 5.41) is 6.34. The Bertz CT molecular complexity index is 411. The molecule has 1 saturated carbocycles. The van der Waals surface area contributed by atoms with E-state index in [0.717, 1.165) is 42.6 Å². The molecule has 92 valence electrons. The van der Waals surface area contributed by atoms with Crippen LogP contribution in [-0.2, 0) is 0 Å². The van der Waals surface area contributed by atoms with Gasteiger partial charge in [-0.15, -0.1) is 0 Å². The lowest BCUT2D eigenvalue weighted by atomic mass is 10.1. The summed E-state index contributed by atoms with van der Waals surface area (Å²) in [5.41, 5.74) is 2.91. The number of nitrogens with one attached hydrogen (secondary N) is 2. The standard InChI is InChI=1S/C14H20N2O/c1-3-8-15-12-6-7-13(10(2)9-12)14(17)16-11-4-5-11/h6-7,9,11,15H,3-5,8H2,1-2H3,(H,16,17). The molecule has 0 saturated heterocycles. The molecule has 1 aliphatic rings. The number of aryl methyl sites for hydroxylation is 1. The topological polar surface area (TPSA) is 41.1 Å². The molecule has 17 heavy (non-hydrogen) atoms. The number of hydrogen-bond donors (Lipinski definition) is 2. The highest BCUT2D eigenvalue weighted by Gasteiger charge is 2.24. The highest BCUT2D eigenvalue weighted by Crippen LogP contribution is 2.21. The van der Waals surface area contributed by atoms with Gasteiger partial charge in [-0.2, -0.15) is 0 Å². The van der Waals surface area contributed by atoms with E-state index in [9.17, 15) is 4.79 Å². The molecule has 0 radical (unpaired) electrons.